The lowest BCUT2D eigenvalue weighted by atomic mass is 10.1. The largest absolute Gasteiger partial charge is 0.452 e. The van der Waals surface area contributed by atoms with Crippen LogP contribution in [-0.4, -0.2) is 21.5 Å². The molecular weight excluding hydrogens is 320 g/mol. The van der Waals surface area contributed by atoms with Gasteiger partial charge >= 0.3 is 0 Å². The number of rotatable bonds is 6. The number of hydrogen-bond donors (Lipinski definition) is 2. The molecule has 0 amide bonds. The van der Waals surface area contributed by atoms with Crippen LogP contribution in [0.2, 0.25) is 0 Å². The molecule has 0 spiro atoms. The fourth-order valence-electron chi connectivity index (χ4n) is 1.29. The molecule has 7 heteroatoms. The maximum atomic E-state index is 12.2. The third kappa shape index (κ3) is 3.81. The highest BCUT2D eigenvalue weighted by Crippen LogP contribution is 2.26. The highest BCUT2D eigenvalue weighted by Gasteiger charge is 2.25. The normalized spacial score (nSPS) is 14.1. The van der Waals surface area contributed by atoms with Crippen LogP contribution in [0, 0.1) is 5.92 Å². The van der Waals surface area contributed by atoms with Crippen molar-refractivity contribution in [3.8, 4) is 0 Å². The summed E-state index contributed by atoms with van der Waals surface area (Å²) >= 11 is 3.14. The quantitative estimate of drug-likeness (QED) is 0.833. The van der Waals surface area contributed by atoms with Gasteiger partial charge in [-0.2, -0.15) is 0 Å². The van der Waals surface area contributed by atoms with E-state index in [4.69, 9.17) is 4.42 Å². The van der Waals surface area contributed by atoms with Crippen LogP contribution in [0.4, 0.5) is 0 Å². The van der Waals surface area contributed by atoms with E-state index in [1.54, 1.807) is 7.05 Å². The molecule has 1 unspecified atom stereocenters. The molecule has 0 saturated heterocycles. The van der Waals surface area contributed by atoms with E-state index >= 15 is 0 Å². The van der Waals surface area contributed by atoms with E-state index in [0.717, 1.165) is 0 Å². The van der Waals surface area contributed by atoms with Gasteiger partial charge in [-0.05, 0) is 35.8 Å². The third-order valence-electron chi connectivity index (χ3n) is 2.69. The smallest absolute Gasteiger partial charge is 0.245 e. The first-order chi connectivity index (χ1) is 8.27. The average Bonchev–Trinajstić information content (AvgIpc) is 2.60. The molecule has 0 fully saturated rings. The first kappa shape index (κ1) is 15.7. The second kappa shape index (κ2) is 6.18. The summed E-state index contributed by atoms with van der Waals surface area (Å²) in [6.45, 7) is 6.24. The van der Waals surface area contributed by atoms with Crippen LogP contribution in [0.25, 0.3) is 0 Å². The van der Waals surface area contributed by atoms with Crippen LogP contribution in [0.1, 0.15) is 26.5 Å². The van der Waals surface area contributed by atoms with Gasteiger partial charge in [-0.1, -0.05) is 13.8 Å². The molecule has 0 aromatic carbocycles. The van der Waals surface area contributed by atoms with Gasteiger partial charge in [0.25, 0.3) is 0 Å². The van der Waals surface area contributed by atoms with E-state index < -0.39 is 10.0 Å². The fraction of sp³-hybridized carbons (Fsp3) is 0.636. The van der Waals surface area contributed by atoms with Gasteiger partial charge in [0.15, 0.2) is 4.67 Å². The van der Waals surface area contributed by atoms with E-state index in [1.165, 1.54) is 6.07 Å². The van der Waals surface area contributed by atoms with E-state index in [1.807, 2.05) is 20.8 Å². The van der Waals surface area contributed by atoms with Crippen LogP contribution in [0.5, 0.6) is 0 Å². The minimum absolute atomic E-state index is 0.135. The summed E-state index contributed by atoms with van der Waals surface area (Å²) in [5.74, 6) is 0.796. The van der Waals surface area contributed by atoms with E-state index in [2.05, 4.69) is 26.0 Å². The topological polar surface area (TPSA) is 71.3 Å². The summed E-state index contributed by atoms with van der Waals surface area (Å²) < 4.78 is 32.5. The van der Waals surface area contributed by atoms with Crippen molar-refractivity contribution in [1.82, 2.24) is 10.0 Å². The van der Waals surface area contributed by atoms with Gasteiger partial charge in [0.05, 0.1) is 6.54 Å². The second-order valence-electron chi connectivity index (χ2n) is 4.53. The van der Waals surface area contributed by atoms with Gasteiger partial charge in [0, 0.05) is 12.1 Å². The zero-order valence-corrected chi connectivity index (χ0v) is 13.4. The van der Waals surface area contributed by atoms with Crippen molar-refractivity contribution in [2.45, 2.75) is 38.3 Å². The van der Waals surface area contributed by atoms with Crippen molar-refractivity contribution < 1.29 is 12.8 Å². The predicted molar refractivity (Wildman–Crippen MR) is 73.8 cm³/mol. The van der Waals surface area contributed by atoms with Gasteiger partial charge in [0.2, 0.25) is 10.0 Å². The molecule has 1 rings (SSSR count). The van der Waals surface area contributed by atoms with Gasteiger partial charge in [0.1, 0.15) is 10.7 Å². The molecular formula is C11H19BrN2O3S. The van der Waals surface area contributed by atoms with Gasteiger partial charge in [-0.15, -0.1) is 0 Å². The Morgan fingerprint density at radius 3 is 2.50 bits per heavy atom. The Morgan fingerprint density at radius 1 is 1.39 bits per heavy atom. The third-order valence-corrected chi connectivity index (χ3v) is 5.10. The number of nitrogens with one attached hydrogen (secondary N) is 2. The molecule has 104 valence electrons. The van der Waals surface area contributed by atoms with Crippen molar-refractivity contribution in [3.63, 3.8) is 0 Å². The second-order valence-corrected chi connectivity index (χ2v) is 6.94. The molecule has 0 bridgehead atoms. The first-order valence-electron chi connectivity index (χ1n) is 5.73. The number of halogens is 1. The summed E-state index contributed by atoms with van der Waals surface area (Å²) in [7, 11) is -1.78. The molecule has 18 heavy (non-hydrogen) atoms. The van der Waals surface area contributed by atoms with Crippen LogP contribution in [-0.2, 0) is 16.6 Å². The minimum atomic E-state index is -3.55. The summed E-state index contributed by atoms with van der Waals surface area (Å²) in [5.41, 5.74) is 0. The molecule has 0 aliphatic rings. The maximum absolute atomic E-state index is 12.2. The summed E-state index contributed by atoms with van der Waals surface area (Å²) in [6, 6.07) is 1.39. The van der Waals surface area contributed by atoms with Crippen LogP contribution in [0.3, 0.4) is 0 Å². The summed E-state index contributed by atoms with van der Waals surface area (Å²) in [4.78, 5) is 0.139. The predicted octanol–water partition coefficient (Wildman–Crippen LogP) is 2.08. The molecule has 0 aliphatic heterocycles. The molecule has 1 aromatic heterocycles. The number of furan rings is 1. The SMILES string of the molecule is CNCc1cc(S(=O)(=O)NC(C)C(C)C)c(Br)o1. The molecule has 1 atom stereocenters. The Morgan fingerprint density at radius 2 is 2.00 bits per heavy atom. The molecule has 1 aromatic rings. The zero-order valence-electron chi connectivity index (χ0n) is 11.0. The molecule has 0 saturated carbocycles. The highest BCUT2D eigenvalue weighted by molar-refractivity contribution is 9.10. The Bertz CT molecular complexity index is 496. The van der Waals surface area contributed by atoms with Crippen LogP contribution >= 0.6 is 15.9 Å². The van der Waals surface area contributed by atoms with Gasteiger partial charge in [-0.3, -0.25) is 0 Å². The lowest BCUT2D eigenvalue weighted by Crippen LogP contribution is -2.36. The lowest BCUT2D eigenvalue weighted by molar-refractivity contribution is 0.464. The monoisotopic (exact) mass is 338 g/mol. The van der Waals surface area contributed by atoms with Crippen molar-refractivity contribution in [2.75, 3.05) is 7.05 Å². The molecule has 0 aliphatic carbocycles. The van der Waals surface area contributed by atoms with E-state index in [9.17, 15) is 8.42 Å². The molecule has 0 radical (unpaired) electrons. The highest BCUT2D eigenvalue weighted by atomic mass is 79.9. The standard InChI is InChI=1S/C11H19BrN2O3S/c1-7(2)8(3)14-18(15,16)10-5-9(6-13-4)17-11(10)12/h5,7-8,13-14H,6H2,1-4H3. The fourth-order valence-corrected chi connectivity index (χ4v) is 3.68. The van der Waals surface area contributed by atoms with Crippen LogP contribution < -0.4 is 10.0 Å². The molecule has 5 nitrogen and oxygen atoms in total. The maximum Gasteiger partial charge on any atom is 0.245 e. The lowest BCUT2D eigenvalue weighted by Gasteiger charge is -2.16. The number of hydrogen-bond acceptors (Lipinski definition) is 4. The van der Waals surface area contributed by atoms with Crippen molar-refractivity contribution in [3.05, 3.63) is 16.5 Å². The van der Waals surface area contributed by atoms with Crippen LogP contribution in [0.15, 0.2) is 20.0 Å². The Hall–Kier alpha value is -0.370. The Kier molecular flexibility index (Phi) is 5.39. The minimum Gasteiger partial charge on any atom is -0.452 e. The van der Waals surface area contributed by atoms with Crippen molar-refractivity contribution in [1.29, 1.82) is 0 Å². The Labute approximate surface area is 117 Å². The van der Waals surface area contributed by atoms with Gasteiger partial charge < -0.3 is 9.73 Å². The number of sulfonamides is 1. The first-order valence-corrected chi connectivity index (χ1v) is 8.00. The van der Waals surface area contributed by atoms with E-state index in [0.29, 0.717) is 12.3 Å². The zero-order chi connectivity index (χ0) is 13.9. The van der Waals surface area contributed by atoms with Crippen molar-refractivity contribution in [2.24, 2.45) is 5.92 Å². The summed E-state index contributed by atoms with van der Waals surface area (Å²) in [5, 5.41) is 2.91. The van der Waals surface area contributed by atoms with E-state index in [-0.39, 0.29) is 21.5 Å². The average molecular weight is 339 g/mol. The summed E-state index contributed by atoms with van der Waals surface area (Å²) in [6.07, 6.45) is 0. The Balaban J connectivity index is 2.98. The molecule has 1 heterocycles. The molecule has 2 N–H and O–H groups in total. The van der Waals surface area contributed by atoms with Gasteiger partial charge in [-0.25, -0.2) is 13.1 Å². The van der Waals surface area contributed by atoms with Crippen molar-refractivity contribution >= 4 is 26.0 Å².